The summed E-state index contributed by atoms with van der Waals surface area (Å²) in [7, 11) is 0. The minimum Gasteiger partial charge on any atom is -0.468 e. The van der Waals surface area contributed by atoms with E-state index >= 15 is 0 Å². The highest BCUT2D eigenvalue weighted by Gasteiger charge is 2.07. The van der Waals surface area contributed by atoms with Gasteiger partial charge in [0.25, 0.3) is 5.91 Å². The van der Waals surface area contributed by atoms with Gasteiger partial charge in [-0.1, -0.05) is 6.07 Å². The summed E-state index contributed by atoms with van der Waals surface area (Å²) in [5.41, 5.74) is 6.56. The van der Waals surface area contributed by atoms with Crippen LogP contribution in [0.1, 0.15) is 10.4 Å². The fraction of sp³-hybridized carbons (Fsp3) is 0.0769. The number of anilines is 2. The van der Waals surface area contributed by atoms with Crippen molar-refractivity contribution < 1.29 is 14.6 Å². The first-order chi connectivity index (χ1) is 9.19. The smallest absolute Gasteiger partial charge is 0.256 e. The van der Waals surface area contributed by atoms with Crippen LogP contribution in [0.2, 0.25) is 0 Å². The molecule has 19 heavy (non-hydrogen) atoms. The van der Waals surface area contributed by atoms with Crippen LogP contribution in [0.15, 0.2) is 42.6 Å². The summed E-state index contributed by atoms with van der Waals surface area (Å²) in [6.45, 7) is -0.438. The zero-order chi connectivity index (χ0) is 13.7. The number of hydrogen-bond acceptors (Lipinski definition) is 5. The van der Waals surface area contributed by atoms with Crippen LogP contribution in [0.3, 0.4) is 0 Å². The van der Waals surface area contributed by atoms with Gasteiger partial charge in [0.2, 0.25) is 0 Å². The maximum Gasteiger partial charge on any atom is 0.256 e. The second-order valence-electron chi connectivity index (χ2n) is 3.73. The molecule has 0 aliphatic rings. The average molecular weight is 259 g/mol. The van der Waals surface area contributed by atoms with Crippen LogP contribution >= 0.6 is 0 Å². The van der Waals surface area contributed by atoms with Crippen molar-refractivity contribution in [2.45, 2.75) is 0 Å². The third-order valence-corrected chi connectivity index (χ3v) is 2.35. The number of nitrogens with two attached hydrogens (primary N) is 1. The molecular formula is C13H13N3O3. The molecule has 0 radical (unpaired) electrons. The number of amides is 1. The number of nitrogens with zero attached hydrogens (tertiary/aromatic N) is 1. The Labute approximate surface area is 109 Å². The molecule has 98 valence electrons. The molecular weight excluding hydrogens is 246 g/mol. The largest absolute Gasteiger partial charge is 0.468 e. The summed E-state index contributed by atoms with van der Waals surface area (Å²) in [6, 6.07) is 9.71. The summed E-state index contributed by atoms with van der Waals surface area (Å²) in [4.78, 5) is 15.9. The van der Waals surface area contributed by atoms with Gasteiger partial charge in [0.05, 0.1) is 0 Å². The number of aliphatic hydroxyl groups excluding tert-OH is 1. The molecule has 0 aliphatic heterocycles. The van der Waals surface area contributed by atoms with E-state index in [1.807, 2.05) is 0 Å². The number of rotatable bonds is 4. The number of aromatic nitrogens is 1. The Morgan fingerprint density at radius 2 is 2.21 bits per heavy atom. The van der Waals surface area contributed by atoms with Crippen LogP contribution in [0.4, 0.5) is 11.5 Å². The summed E-state index contributed by atoms with van der Waals surface area (Å²) in [6.07, 6.45) is 1.47. The molecule has 0 atom stereocenters. The molecule has 1 aromatic heterocycles. The minimum absolute atomic E-state index is 0.319. The van der Waals surface area contributed by atoms with Gasteiger partial charge in [-0.2, -0.15) is 0 Å². The van der Waals surface area contributed by atoms with Gasteiger partial charge in [0, 0.05) is 23.5 Å². The van der Waals surface area contributed by atoms with E-state index in [-0.39, 0.29) is 5.91 Å². The molecule has 0 fully saturated rings. The number of nitrogen functional groups attached to an aromatic ring is 1. The van der Waals surface area contributed by atoms with E-state index in [1.54, 1.807) is 30.3 Å². The Hall–Kier alpha value is -2.60. The van der Waals surface area contributed by atoms with Crippen molar-refractivity contribution in [3.8, 4) is 5.75 Å². The van der Waals surface area contributed by atoms with Gasteiger partial charge in [0.1, 0.15) is 11.6 Å². The lowest BCUT2D eigenvalue weighted by atomic mass is 10.2. The van der Waals surface area contributed by atoms with Gasteiger partial charge in [-0.05, 0) is 24.3 Å². The van der Waals surface area contributed by atoms with Crippen LogP contribution in [-0.4, -0.2) is 22.8 Å². The van der Waals surface area contributed by atoms with Crippen LogP contribution in [0.25, 0.3) is 0 Å². The molecule has 1 amide bonds. The van der Waals surface area contributed by atoms with Gasteiger partial charge in [-0.15, -0.1) is 0 Å². The standard InChI is InChI=1S/C13H13N3O3/c14-10-3-1-2-9(6-10)13(18)16-12-7-11(19-8-17)4-5-15-12/h1-7,17H,8,14H2,(H,15,16,18). The zero-order valence-corrected chi connectivity index (χ0v) is 10.0. The molecule has 0 saturated heterocycles. The monoisotopic (exact) mass is 259 g/mol. The van der Waals surface area contributed by atoms with E-state index in [0.717, 1.165) is 0 Å². The number of hydrogen-bond donors (Lipinski definition) is 3. The van der Waals surface area contributed by atoms with Gasteiger partial charge in [-0.25, -0.2) is 4.98 Å². The molecule has 6 heteroatoms. The third kappa shape index (κ3) is 3.43. The number of pyridine rings is 1. The molecule has 0 aliphatic carbocycles. The number of ether oxygens (including phenoxy) is 1. The van der Waals surface area contributed by atoms with E-state index in [1.165, 1.54) is 12.3 Å². The van der Waals surface area contributed by atoms with Crippen molar-refractivity contribution in [2.24, 2.45) is 0 Å². The molecule has 0 bridgehead atoms. The number of aliphatic hydroxyl groups is 1. The average Bonchev–Trinajstić information content (AvgIpc) is 2.39. The fourth-order valence-electron chi connectivity index (χ4n) is 1.51. The van der Waals surface area contributed by atoms with E-state index in [4.69, 9.17) is 15.6 Å². The van der Waals surface area contributed by atoms with Gasteiger partial charge in [0.15, 0.2) is 6.79 Å². The topological polar surface area (TPSA) is 97.5 Å². The van der Waals surface area contributed by atoms with E-state index in [0.29, 0.717) is 22.8 Å². The first-order valence-corrected chi connectivity index (χ1v) is 5.55. The predicted molar refractivity (Wildman–Crippen MR) is 70.8 cm³/mol. The van der Waals surface area contributed by atoms with E-state index < -0.39 is 6.79 Å². The second-order valence-corrected chi connectivity index (χ2v) is 3.73. The Bertz CT molecular complexity index is 587. The Balaban J connectivity index is 2.12. The van der Waals surface area contributed by atoms with Crippen LogP contribution in [0, 0.1) is 0 Å². The third-order valence-electron chi connectivity index (χ3n) is 2.35. The number of carbonyl (C=O) groups excluding carboxylic acids is 1. The van der Waals surface area contributed by atoms with Crippen LogP contribution in [-0.2, 0) is 0 Å². The predicted octanol–water partition coefficient (Wildman–Crippen LogP) is 1.24. The Kier molecular flexibility index (Phi) is 3.94. The summed E-state index contributed by atoms with van der Waals surface area (Å²) < 4.78 is 4.90. The fourth-order valence-corrected chi connectivity index (χ4v) is 1.51. The highest BCUT2D eigenvalue weighted by molar-refractivity contribution is 6.04. The maximum atomic E-state index is 11.9. The molecule has 4 N–H and O–H groups in total. The molecule has 2 aromatic rings. The summed E-state index contributed by atoms with van der Waals surface area (Å²) in [5.74, 6) is 0.430. The van der Waals surface area contributed by atoms with Gasteiger partial charge in [-0.3, -0.25) is 4.79 Å². The quantitative estimate of drug-likeness (QED) is 0.567. The lowest BCUT2D eigenvalue weighted by Gasteiger charge is -2.07. The SMILES string of the molecule is Nc1cccc(C(=O)Nc2cc(OCO)ccn2)c1. The van der Waals surface area contributed by atoms with Crippen LogP contribution < -0.4 is 15.8 Å². The number of nitrogens with one attached hydrogen (secondary N) is 1. The number of carbonyl (C=O) groups is 1. The van der Waals surface area contributed by atoms with Gasteiger partial charge < -0.3 is 20.9 Å². The molecule has 0 spiro atoms. The summed E-state index contributed by atoms with van der Waals surface area (Å²) >= 11 is 0. The van der Waals surface area contributed by atoms with Crippen molar-refractivity contribution in [3.63, 3.8) is 0 Å². The van der Waals surface area contributed by atoms with Crippen molar-refractivity contribution in [1.29, 1.82) is 0 Å². The van der Waals surface area contributed by atoms with Crippen molar-refractivity contribution in [3.05, 3.63) is 48.2 Å². The second kappa shape index (κ2) is 5.83. The van der Waals surface area contributed by atoms with Crippen LogP contribution in [0.5, 0.6) is 5.75 Å². The van der Waals surface area contributed by atoms with Crippen molar-refractivity contribution in [2.75, 3.05) is 17.8 Å². The van der Waals surface area contributed by atoms with E-state index in [9.17, 15) is 4.79 Å². The highest BCUT2D eigenvalue weighted by Crippen LogP contribution is 2.15. The molecule has 2 rings (SSSR count). The summed E-state index contributed by atoms with van der Waals surface area (Å²) in [5, 5.41) is 11.3. The van der Waals surface area contributed by atoms with Crippen molar-refractivity contribution >= 4 is 17.4 Å². The molecule has 1 heterocycles. The van der Waals surface area contributed by atoms with Crippen molar-refractivity contribution in [1.82, 2.24) is 4.98 Å². The first-order valence-electron chi connectivity index (χ1n) is 5.55. The zero-order valence-electron chi connectivity index (χ0n) is 10.0. The molecule has 6 nitrogen and oxygen atoms in total. The Morgan fingerprint density at radius 1 is 1.37 bits per heavy atom. The van der Waals surface area contributed by atoms with E-state index in [2.05, 4.69) is 10.3 Å². The molecule has 1 aromatic carbocycles. The highest BCUT2D eigenvalue weighted by atomic mass is 16.6. The minimum atomic E-state index is -0.438. The Morgan fingerprint density at radius 3 is 2.95 bits per heavy atom. The molecule has 0 saturated carbocycles. The lowest BCUT2D eigenvalue weighted by Crippen LogP contribution is -2.13. The number of benzene rings is 1. The lowest BCUT2D eigenvalue weighted by molar-refractivity contribution is 0.0985. The normalized spacial score (nSPS) is 9.95. The van der Waals surface area contributed by atoms with Gasteiger partial charge >= 0.3 is 0 Å². The maximum absolute atomic E-state index is 11.9. The molecule has 0 unspecified atom stereocenters. The first kappa shape index (κ1) is 12.8.